The summed E-state index contributed by atoms with van der Waals surface area (Å²) in [6.45, 7) is 0.542. The Labute approximate surface area is 105 Å². The number of halogens is 1. The Hall–Kier alpha value is -2.17. The van der Waals surface area contributed by atoms with Crippen LogP contribution >= 0.6 is 0 Å². The van der Waals surface area contributed by atoms with Gasteiger partial charge in [0.25, 0.3) is 0 Å². The predicted molar refractivity (Wildman–Crippen MR) is 68.2 cm³/mol. The fourth-order valence-electron chi connectivity index (χ4n) is 1.77. The third-order valence-electron chi connectivity index (χ3n) is 2.71. The van der Waals surface area contributed by atoms with Crippen molar-refractivity contribution in [1.82, 2.24) is 0 Å². The maximum absolute atomic E-state index is 13.8. The van der Waals surface area contributed by atoms with Gasteiger partial charge in [-0.3, -0.25) is 0 Å². The van der Waals surface area contributed by atoms with Gasteiger partial charge in [-0.25, -0.2) is 4.39 Å². The maximum Gasteiger partial charge on any atom is 0.148 e. The highest BCUT2D eigenvalue weighted by Crippen LogP contribution is 2.30. The topological polar surface area (TPSA) is 51.6 Å². The Morgan fingerprint density at radius 1 is 1.44 bits per heavy atom. The second-order valence-corrected chi connectivity index (χ2v) is 4.03. The van der Waals surface area contributed by atoms with Crippen molar-refractivity contribution in [3.63, 3.8) is 0 Å². The Morgan fingerprint density at radius 2 is 2.22 bits per heavy atom. The van der Waals surface area contributed by atoms with E-state index in [0.29, 0.717) is 18.0 Å². The molecule has 0 saturated carbocycles. The number of hydrogen-bond acceptors (Lipinski definition) is 4. The standard InChI is InChI=1S/C13H15FN2O2/c1-16(7-9-3-4-18-8-9)12-6-13(17-2)11(15)5-10(12)14/h3-6,8H,7,15H2,1-2H3. The number of ether oxygens (including phenoxy) is 1. The molecule has 0 fully saturated rings. The minimum Gasteiger partial charge on any atom is -0.495 e. The summed E-state index contributed by atoms with van der Waals surface area (Å²) in [4.78, 5) is 1.77. The Balaban J connectivity index is 2.26. The molecular weight excluding hydrogens is 235 g/mol. The highest BCUT2D eigenvalue weighted by Gasteiger charge is 2.12. The molecule has 5 heteroatoms. The van der Waals surface area contributed by atoms with Gasteiger partial charge in [0.15, 0.2) is 0 Å². The summed E-state index contributed by atoms with van der Waals surface area (Å²) in [5.41, 5.74) is 7.32. The smallest absolute Gasteiger partial charge is 0.148 e. The maximum atomic E-state index is 13.8. The molecule has 2 rings (SSSR count). The lowest BCUT2D eigenvalue weighted by Crippen LogP contribution is -2.17. The molecule has 1 heterocycles. The molecule has 4 nitrogen and oxygen atoms in total. The molecule has 0 aliphatic carbocycles. The summed E-state index contributed by atoms with van der Waals surface area (Å²) in [7, 11) is 3.30. The van der Waals surface area contributed by atoms with Gasteiger partial charge in [-0.2, -0.15) is 0 Å². The van der Waals surface area contributed by atoms with Crippen LogP contribution in [-0.4, -0.2) is 14.2 Å². The van der Waals surface area contributed by atoms with Crippen molar-refractivity contribution in [2.45, 2.75) is 6.54 Å². The average molecular weight is 250 g/mol. The lowest BCUT2D eigenvalue weighted by Gasteiger charge is -2.20. The van der Waals surface area contributed by atoms with Crippen molar-refractivity contribution in [3.8, 4) is 5.75 Å². The number of furan rings is 1. The quantitative estimate of drug-likeness (QED) is 0.847. The first-order chi connectivity index (χ1) is 8.61. The first kappa shape index (κ1) is 12.3. The van der Waals surface area contributed by atoms with Crippen LogP contribution in [0.5, 0.6) is 5.75 Å². The fourth-order valence-corrected chi connectivity index (χ4v) is 1.77. The van der Waals surface area contributed by atoms with Crippen LogP contribution in [0.15, 0.2) is 35.1 Å². The molecule has 0 amide bonds. The number of anilines is 2. The van der Waals surface area contributed by atoms with Gasteiger partial charge in [-0.1, -0.05) is 0 Å². The average Bonchev–Trinajstić information content (AvgIpc) is 2.81. The molecule has 0 aliphatic heterocycles. The van der Waals surface area contributed by atoms with Crippen LogP contribution < -0.4 is 15.4 Å². The zero-order valence-electron chi connectivity index (χ0n) is 10.3. The van der Waals surface area contributed by atoms with E-state index in [1.807, 2.05) is 6.07 Å². The molecule has 1 aromatic carbocycles. The zero-order valence-corrected chi connectivity index (χ0v) is 10.3. The Bertz CT molecular complexity index is 526. The van der Waals surface area contributed by atoms with Crippen LogP contribution in [0.1, 0.15) is 5.56 Å². The molecule has 2 N–H and O–H groups in total. The molecule has 0 unspecified atom stereocenters. The number of methoxy groups -OCH3 is 1. The Morgan fingerprint density at radius 3 is 2.83 bits per heavy atom. The van der Waals surface area contributed by atoms with E-state index in [4.69, 9.17) is 14.9 Å². The van der Waals surface area contributed by atoms with E-state index in [0.717, 1.165) is 5.56 Å². The van der Waals surface area contributed by atoms with Crippen LogP contribution in [0, 0.1) is 5.82 Å². The summed E-state index contributed by atoms with van der Waals surface area (Å²) in [5, 5.41) is 0. The van der Waals surface area contributed by atoms with Crippen LogP contribution in [0.2, 0.25) is 0 Å². The van der Waals surface area contributed by atoms with Gasteiger partial charge in [-0.05, 0) is 6.07 Å². The van der Waals surface area contributed by atoms with Crippen LogP contribution in [0.4, 0.5) is 15.8 Å². The van der Waals surface area contributed by atoms with E-state index in [1.54, 1.807) is 30.5 Å². The van der Waals surface area contributed by atoms with Gasteiger partial charge in [-0.15, -0.1) is 0 Å². The van der Waals surface area contributed by atoms with Crippen LogP contribution in [0.25, 0.3) is 0 Å². The van der Waals surface area contributed by atoms with E-state index < -0.39 is 0 Å². The molecule has 0 radical (unpaired) electrons. The summed E-state index contributed by atoms with van der Waals surface area (Å²) in [5.74, 6) is 0.0877. The molecule has 0 aliphatic rings. The fraction of sp³-hybridized carbons (Fsp3) is 0.231. The van der Waals surface area contributed by atoms with E-state index in [-0.39, 0.29) is 11.5 Å². The lowest BCUT2D eigenvalue weighted by atomic mass is 10.2. The van der Waals surface area contributed by atoms with E-state index in [1.165, 1.54) is 13.2 Å². The highest BCUT2D eigenvalue weighted by molar-refractivity contribution is 5.63. The number of nitrogens with two attached hydrogens (primary N) is 1. The molecule has 2 aromatic rings. The number of nitrogens with zero attached hydrogens (tertiary/aromatic N) is 1. The van der Waals surface area contributed by atoms with Crippen molar-refractivity contribution < 1.29 is 13.5 Å². The van der Waals surface area contributed by atoms with Gasteiger partial charge in [0, 0.05) is 31.3 Å². The number of rotatable bonds is 4. The van der Waals surface area contributed by atoms with E-state index >= 15 is 0 Å². The first-order valence-corrected chi connectivity index (χ1v) is 5.47. The summed E-state index contributed by atoms with van der Waals surface area (Å²) >= 11 is 0. The van der Waals surface area contributed by atoms with Gasteiger partial charge in [0.2, 0.25) is 0 Å². The van der Waals surface area contributed by atoms with Crippen molar-refractivity contribution in [1.29, 1.82) is 0 Å². The first-order valence-electron chi connectivity index (χ1n) is 5.47. The minimum atomic E-state index is -0.376. The molecule has 18 heavy (non-hydrogen) atoms. The van der Waals surface area contributed by atoms with Gasteiger partial charge >= 0.3 is 0 Å². The van der Waals surface area contributed by atoms with Gasteiger partial charge in [0.05, 0.1) is 31.0 Å². The van der Waals surface area contributed by atoms with Crippen LogP contribution in [-0.2, 0) is 6.54 Å². The third-order valence-corrected chi connectivity index (χ3v) is 2.71. The molecule has 0 saturated heterocycles. The monoisotopic (exact) mass is 250 g/mol. The predicted octanol–water partition coefficient (Wildman–Crippen LogP) is 2.65. The summed E-state index contributed by atoms with van der Waals surface area (Å²) in [6.07, 6.45) is 3.21. The van der Waals surface area contributed by atoms with E-state index in [9.17, 15) is 4.39 Å². The molecule has 1 aromatic heterocycles. The zero-order chi connectivity index (χ0) is 13.1. The second kappa shape index (κ2) is 5.00. The van der Waals surface area contributed by atoms with Crippen molar-refractivity contribution in [3.05, 3.63) is 42.1 Å². The van der Waals surface area contributed by atoms with Crippen molar-refractivity contribution in [2.75, 3.05) is 24.8 Å². The third kappa shape index (κ3) is 2.40. The summed E-state index contributed by atoms with van der Waals surface area (Å²) < 4.78 is 23.9. The van der Waals surface area contributed by atoms with Crippen LogP contribution in [0.3, 0.4) is 0 Å². The van der Waals surface area contributed by atoms with Crippen molar-refractivity contribution >= 4 is 11.4 Å². The largest absolute Gasteiger partial charge is 0.495 e. The number of benzene rings is 1. The Kier molecular flexibility index (Phi) is 3.41. The van der Waals surface area contributed by atoms with Crippen molar-refractivity contribution in [2.24, 2.45) is 0 Å². The highest BCUT2D eigenvalue weighted by atomic mass is 19.1. The number of nitrogen functional groups attached to an aromatic ring is 1. The molecule has 0 bridgehead atoms. The lowest BCUT2D eigenvalue weighted by molar-refractivity contribution is 0.416. The second-order valence-electron chi connectivity index (χ2n) is 4.03. The molecule has 96 valence electrons. The number of hydrogen-bond donors (Lipinski definition) is 1. The molecule has 0 spiro atoms. The van der Waals surface area contributed by atoms with E-state index in [2.05, 4.69) is 0 Å². The normalized spacial score (nSPS) is 10.4. The molecular formula is C13H15FN2O2. The molecule has 0 atom stereocenters. The van der Waals surface area contributed by atoms with Gasteiger partial charge < -0.3 is 19.8 Å². The summed E-state index contributed by atoms with van der Waals surface area (Å²) in [6, 6.07) is 4.69. The SMILES string of the molecule is COc1cc(N(C)Cc2ccoc2)c(F)cc1N. The van der Waals surface area contributed by atoms with Gasteiger partial charge in [0.1, 0.15) is 11.6 Å². The minimum absolute atomic E-state index is 0.287.